The lowest BCUT2D eigenvalue weighted by Gasteiger charge is -2.09. The van der Waals surface area contributed by atoms with Crippen LogP contribution in [0.1, 0.15) is 26.2 Å². The average Bonchev–Trinajstić information content (AvgIpc) is 2.47. The highest BCUT2D eigenvalue weighted by Crippen LogP contribution is 2.20. The van der Waals surface area contributed by atoms with Gasteiger partial charge in [0.2, 0.25) is 5.91 Å². The van der Waals surface area contributed by atoms with Crippen molar-refractivity contribution in [1.82, 2.24) is 4.90 Å². The Kier molecular flexibility index (Phi) is 3.23. The van der Waals surface area contributed by atoms with E-state index in [1.807, 2.05) is 6.92 Å². The van der Waals surface area contributed by atoms with E-state index in [9.17, 15) is 9.59 Å². The molecule has 72 valence electrons. The second kappa shape index (κ2) is 4.21. The van der Waals surface area contributed by atoms with Crippen LogP contribution >= 0.6 is 0 Å². The van der Waals surface area contributed by atoms with E-state index in [1.165, 1.54) is 11.1 Å². The van der Waals surface area contributed by atoms with E-state index >= 15 is 0 Å². The average molecular weight is 181 g/mol. The molecule has 0 saturated carbocycles. The molecular formula is C10H15NO2. The topological polar surface area (TPSA) is 37.4 Å². The quantitative estimate of drug-likeness (QED) is 0.614. The highest BCUT2D eigenvalue weighted by atomic mass is 16.2. The smallest absolute Gasteiger partial charge is 0.237 e. The van der Waals surface area contributed by atoms with Crippen molar-refractivity contribution < 1.29 is 9.59 Å². The zero-order chi connectivity index (χ0) is 9.84. The molecule has 0 aliphatic carbocycles. The number of carbonyl (C=O) groups is 2. The number of Topliss-reactive ketones (excluding diaryl/α,β-unsaturated/α-hetero) is 1. The summed E-state index contributed by atoms with van der Waals surface area (Å²) in [6, 6.07) is 0. The number of likely N-dealkylation sites (tertiary alicyclic amines) is 1. The molecule has 1 heterocycles. The van der Waals surface area contributed by atoms with Crippen molar-refractivity contribution in [3.05, 3.63) is 12.8 Å². The van der Waals surface area contributed by atoms with Crippen molar-refractivity contribution in [2.75, 3.05) is 6.54 Å². The summed E-state index contributed by atoms with van der Waals surface area (Å²) in [4.78, 5) is 24.4. The third kappa shape index (κ3) is 1.97. The molecule has 0 aromatic rings. The Hall–Kier alpha value is -1.12. The van der Waals surface area contributed by atoms with Crippen LogP contribution in [0, 0.1) is 5.92 Å². The Morgan fingerprint density at radius 3 is 2.92 bits per heavy atom. The Morgan fingerprint density at radius 2 is 2.46 bits per heavy atom. The Morgan fingerprint density at radius 1 is 1.77 bits per heavy atom. The molecule has 0 aromatic heterocycles. The van der Waals surface area contributed by atoms with Crippen LogP contribution in [-0.4, -0.2) is 23.1 Å². The number of nitrogens with zero attached hydrogens (tertiary/aromatic N) is 1. The van der Waals surface area contributed by atoms with Crippen LogP contribution in [-0.2, 0) is 9.59 Å². The van der Waals surface area contributed by atoms with E-state index in [4.69, 9.17) is 0 Å². The summed E-state index contributed by atoms with van der Waals surface area (Å²) in [6.07, 6.45) is 3.49. The van der Waals surface area contributed by atoms with Crippen LogP contribution < -0.4 is 0 Å². The lowest BCUT2D eigenvalue weighted by atomic mass is 9.99. The van der Waals surface area contributed by atoms with E-state index in [0.29, 0.717) is 19.4 Å². The second-order valence-electron chi connectivity index (χ2n) is 3.27. The zero-order valence-electron chi connectivity index (χ0n) is 7.95. The van der Waals surface area contributed by atoms with Gasteiger partial charge in [0, 0.05) is 13.0 Å². The summed E-state index contributed by atoms with van der Waals surface area (Å²) in [6.45, 7) is 6.12. The number of rotatable bonds is 4. The van der Waals surface area contributed by atoms with Crippen molar-refractivity contribution in [3.8, 4) is 0 Å². The third-order valence-corrected chi connectivity index (χ3v) is 2.35. The standard InChI is InChI=1S/C10H15NO2/c1-3-5-9(12)8-6-7-11(4-2)10(8)13/h4,8H,2-3,5-7H2,1H3. The Labute approximate surface area is 78.4 Å². The maximum Gasteiger partial charge on any atom is 0.237 e. The largest absolute Gasteiger partial charge is 0.319 e. The molecule has 1 aliphatic rings. The van der Waals surface area contributed by atoms with Crippen LogP contribution in [0.5, 0.6) is 0 Å². The molecule has 1 saturated heterocycles. The van der Waals surface area contributed by atoms with Gasteiger partial charge < -0.3 is 4.90 Å². The van der Waals surface area contributed by atoms with Crippen molar-refractivity contribution in [2.45, 2.75) is 26.2 Å². The number of carbonyl (C=O) groups excluding carboxylic acids is 2. The molecule has 1 rings (SSSR count). The molecule has 0 bridgehead atoms. The first-order chi connectivity index (χ1) is 6.20. The van der Waals surface area contributed by atoms with Crippen LogP contribution in [0.3, 0.4) is 0 Å². The minimum atomic E-state index is -0.391. The van der Waals surface area contributed by atoms with E-state index in [1.54, 1.807) is 0 Å². The lowest BCUT2D eigenvalue weighted by molar-refractivity contribution is -0.135. The highest BCUT2D eigenvalue weighted by molar-refractivity contribution is 6.02. The van der Waals surface area contributed by atoms with E-state index < -0.39 is 5.92 Å². The molecule has 1 fully saturated rings. The molecule has 1 aliphatic heterocycles. The lowest BCUT2D eigenvalue weighted by Crippen LogP contribution is -2.26. The fourth-order valence-corrected chi connectivity index (χ4v) is 1.60. The number of ketones is 1. The first-order valence-electron chi connectivity index (χ1n) is 4.66. The molecule has 0 radical (unpaired) electrons. The van der Waals surface area contributed by atoms with Gasteiger partial charge in [-0.1, -0.05) is 13.5 Å². The minimum absolute atomic E-state index is 0.0755. The van der Waals surface area contributed by atoms with Gasteiger partial charge in [0.05, 0.1) is 5.92 Å². The van der Waals surface area contributed by atoms with Gasteiger partial charge >= 0.3 is 0 Å². The van der Waals surface area contributed by atoms with Gasteiger partial charge in [-0.3, -0.25) is 9.59 Å². The predicted octanol–water partition coefficient (Wildman–Crippen LogP) is 1.35. The summed E-state index contributed by atoms with van der Waals surface area (Å²) in [5.74, 6) is -0.386. The molecular weight excluding hydrogens is 166 g/mol. The molecule has 0 aromatic carbocycles. The first kappa shape index (κ1) is 9.96. The molecule has 1 atom stereocenters. The monoisotopic (exact) mass is 181 g/mol. The zero-order valence-corrected chi connectivity index (χ0v) is 7.95. The van der Waals surface area contributed by atoms with E-state index in [2.05, 4.69) is 6.58 Å². The van der Waals surface area contributed by atoms with Crippen molar-refractivity contribution in [2.24, 2.45) is 5.92 Å². The normalized spacial score (nSPS) is 22.1. The highest BCUT2D eigenvalue weighted by Gasteiger charge is 2.34. The maximum atomic E-state index is 11.5. The van der Waals surface area contributed by atoms with Gasteiger partial charge in [-0.25, -0.2) is 0 Å². The molecule has 3 nitrogen and oxygen atoms in total. The molecule has 3 heteroatoms. The van der Waals surface area contributed by atoms with Crippen molar-refractivity contribution >= 4 is 11.7 Å². The summed E-state index contributed by atoms with van der Waals surface area (Å²) in [7, 11) is 0. The third-order valence-electron chi connectivity index (χ3n) is 2.35. The van der Waals surface area contributed by atoms with Crippen molar-refractivity contribution in [3.63, 3.8) is 0 Å². The van der Waals surface area contributed by atoms with Crippen LogP contribution in [0.15, 0.2) is 12.8 Å². The molecule has 13 heavy (non-hydrogen) atoms. The van der Waals surface area contributed by atoms with Gasteiger partial charge in [-0.2, -0.15) is 0 Å². The predicted molar refractivity (Wildman–Crippen MR) is 49.9 cm³/mol. The summed E-state index contributed by atoms with van der Waals surface area (Å²) in [5, 5.41) is 0. The van der Waals surface area contributed by atoms with E-state index in [0.717, 1.165) is 6.42 Å². The SMILES string of the molecule is C=CN1CCC(C(=O)CCC)C1=O. The van der Waals surface area contributed by atoms with Gasteiger partial charge in [-0.05, 0) is 19.0 Å². The van der Waals surface area contributed by atoms with Gasteiger partial charge in [0.1, 0.15) is 5.78 Å². The molecule has 0 N–H and O–H groups in total. The van der Waals surface area contributed by atoms with E-state index in [-0.39, 0.29) is 11.7 Å². The second-order valence-corrected chi connectivity index (χ2v) is 3.27. The fourth-order valence-electron chi connectivity index (χ4n) is 1.60. The fraction of sp³-hybridized carbons (Fsp3) is 0.600. The Balaban J connectivity index is 2.59. The van der Waals surface area contributed by atoms with Crippen LogP contribution in [0.4, 0.5) is 0 Å². The van der Waals surface area contributed by atoms with Gasteiger partial charge in [0.15, 0.2) is 0 Å². The molecule has 1 amide bonds. The summed E-state index contributed by atoms with van der Waals surface area (Å²) < 4.78 is 0. The molecule has 1 unspecified atom stereocenters. The van der Waals surface area contributed by atoms with Crippen LogP contribution in [0.25, 0.3) is 0 Å². The number of hydrogen-bond donors (Lipinski definition) is 0. The van der Waals surface area contributed by atoms with Gasteiger partial charge in [0.25, 0.3) is 0 Å². The molecule has 0 spiro atoms. The van der Waals surface area contributed by atoms with Gasteiger partial charge in [-0.15, -0.1) is 0 Å². The maximum absolute atomic E-state index is 11.5. The Bertz CT molecular complexity index is 235. The first-order valence-corrected chi connectivity index (χ1v) is 4.66. The number of hydrogen-bond acceptors (Lipinski definition) is 2. The minimum Gasteiger partial charge on any atom is -0.319 e. The van der Waals surface area contributed by atoms with Crippen molar-refractivity contribution in [1.29, 1.82) is 0 Å². The van der Waals surface area contributed by atoms with Crippen LogP contribution in [0.2, 0.25) is 0 Å². The summed E-state index contributed by atoms with van der Waals surface area (Å²) in [5.41, 5.74) is 0. The summed E-state index contributed by atoms with van der Waals surface area (Å²) >= 11 is 0. The number of amides is 1.